The Morgan fingerprint density at radius 3 is 2.62 bits per heavy atom. The Morgan fingerprint density at radius 2 is 2.00 bits per heavy atom. The van der Waals surface area contributed by atoms with Gasteiger partial charge in [0.1, 0.15) is 5.82 Å². The van der Waals surface area contributed by atoms with Crippen LogP contribution >= 0.6 is 11.6 Å². The molecule has 1 aromatic heterocycles. The fourth-order valence-electron chi connectivity index (χ4n) is 2.19. The largest absolute Gasteiger partial charge is 0.368 e. The number of hydrogen-bond acceptors (Lipinski definition) is 3. The fourth-order valence-corrected chi connectivity index (χ4v) is 2.29. The van der Waals surface area contributed by atoms with Crippen molar-refractivity contribution in [3.05, 3.63) is 17.3 Å². The summed E-state index contributed by atoms with van der Waals surface area (Å²) < 4.78 is 0. The van der Waals surface area contributed by atoms with Crippen molar-refractivity contribution in [2.45, 2.75) is 32.6 Å². The molecule has 0 radical (unpaired) electrons. The summed E-state index contributed by atoms with van der Waals surface area (Å²) in [6.45, 7) is 3.34. The molecule has 0 spiro atoms. The molecule has 0 saturated heterocycles. The highest BCUT2D eigenvalue weighted by Crippen LogP contribution is 2.28. The third-order valence-corrected chi connectivity index (χ3v) is 3.54. The Kier molecular flexibility index (Phi) is 3.99. The van der Waals surface area contributed by atoms with E-state index < -0.39 is 0 Å². The van der Waals surface area contributed by atoms with Crippen LogP contribution in [0.3, 0.4) is 0 Å². The first-order valence-corrected chi connectivity index (χ1v) is 6.35. The number of nitrogens with zero attached hydrogens (tertiary/aromatic N) is 2. The second-order valence-corrected chi connectivity index (χ2v) is 5.14. The Hall–Kier alpha value is -0.830. The van der Waals surface area contributed by atoms with Gasteiger partial charge in [-0.15, -0.1) is 10.2 Å². The summed E-state index contributed by atoms with van der Waals surface area (Å²) in [5, 5.41) is 11.6. The van der Waals surface area contributed by atoms with E-state index in [1.54, 1.807) is 6.07 Å². The molecule has 16 heavy (non-hydrogen) atoms. The van der Waals surface area contributed by atoms with Gasteiger partial charge in [0.25, 0.3) is 0 Å². The molecule has 0 bridgehead atoms. The normalized spacial score (nSPS) is 25.4. The van der Waals surface area contributed by atoms with Crippen molar-refractivity contribution in [3.63, 3.8) is 0 Å². The zero-order valence-corrected chi connectivity index (χ0v) is 10.4. The molecule has 1 aromatic rings. The van der Waals surface area contributed by atoms with E-state index in [9.17, 15) is 0 Å². The number of nitrogens with one attached hydrogen (secondary N) is 1. The molecule has 4 heteroatoms. The molecule has 0 aromatic carbocycles. The van der Waals surface area contributed by atoms with Crippen LogP contribution in [-0.2, 0) is 0 Å². The minimum absolute atomic E-state index is 0.442. The van der Waals surface area contributed by atoms with E-state index in [0.717, 1.165) is 24.2 Å². The van der Waals surface area contributed by atoms with Crippen molar-refractivity contribution in [2.24, 2.45) is 11.8 Å². The molecule has 1 fully saturated rings. The van der Waals surface area contributed by atoms with Gasteiger partial charge in [0, 0.05) is 6.54 Å². The molecule has 88 valence electrons. The third-order valence-electron chi connectivity index (χ3n) is 3.34. The van der Waals surface area contributed by atoms with Crippen molar-refractivity contribution in [1.29, 1.82) is 0 Å². The summed E-state index contributed by atoms with van der Waals surface area (Å²) in [6, 6.07) is 3.64. The molecular weight excluding hydrogens is 222 g/mol. The summed E-state index contributed by atoms with van der Waals surface area (Å²) in [4.78, 5) is 0. The molecule has 1 aliphatic carbocycles. The molecule has 2 rings (SSSR count). The van der Waals surface area contributed by atoms with Gasteiger partial charge in [0.15, 0.2) is 5.15 Å². The summed E-state index contributed by atoms with van der Waals surface area (Å²) in [6.07, 6.45) is 5.38. The van der Waals surface area contributed by atoms with E-state index in [0.29, 0.717) is 5.15 Å². The second-order valence-electron chi connectivity index (χ2n) is 4.75. The molecule has 1 saturated carbocycles. The fraction of sp³-hybridized carbons (Fsp3) is 0.667. The Bertz CT molecular complexity index is 318. The van der Waals surface area contributed by atoms with Gasteiger partial charge in [-0.1, -0.05) is 31.4 Å². The van der Waals surface area contributed by atoms with Gasteiger partial charge in [-0.3, -0.25) is 0 Å². The van der Waals surface area contributed by atoms with E-state index in [1.807, 2.05) is 6.07 Å². The van der Waals surface area contributed by atoms with Crippen LogP contribution in [0.15, 0.2) is 12.1 Å². The van der Waals surface area contributed by atoms with Crippen molar-refractivity contribution in [2.75, 3.05) is 11.9 Å². The smallest absolute Gasteiger partial charge is 0.151 e. The van der Waals surface area contributed by atoms with Crippen molar-refractivity contribution >= 4 is 17.4 Å². The second kappa shape index (κ2) is 5.48. The monoisotopic (exact) mass is 239 g/mol. The molecule has 0 unspecified atom stereocenters. The predicted molar refractivity (Wildman–Crippen MR) is 66.7 cm³/mol. The summed E-state index contributed by atoms with van der Waals surface area (Å²) >= 11 is 5.68. The number of aromatic nitrogens is 2. The quantitative estimate of drug-likeness (QED) is 0.879. The van der Waals surface area contributed by atoms with Crippen molar-refractivity contribution in [3.8, 4) is 0 Å². The van der Waals surface area contributed by atoms with E-state index in [2.05, 4.69) is 22.4 Å². The van der Waals surface area contributed by atoms with Crippen LogP contribution in [0.4, 0.5) is 5.82 Å². The summed E-state index contributed by atoms with van der Waals surface area (Å²) in [5.74, 6) is 2.52. The van der Waals surface area contributed by atoms with Crippen LogP contribution in [0.1, 0.15) is 32.6 Å². The van der Waals surface area contributed by atoms with E-state index in [4.69, 9.17) is 11.6 Å². The molecule has 0 aliphatic heterocycles. The lowest BCUT2D eigenvalue weighted by Crippen LogP contribution is -2.20. The predicted octanol–water partition coefficient (Wildman–Crippen LogP) is 3.37. The molecule has 1 N–H and O–H groups in total. The lowest BCUT2D eigenvalue weighted by atomic mass is 9.83. The zero-order chi connectivity index (χ0) is 11.4. The highest BCUT2D eigenvalue weighted by molar-refractivity contribution is 6.29. The number of rotatable bonds is 3. The maximum Gasteiger partial charge on any atom is 0.151 e. The maximum absolute atomic E-state index is 5.68. The van der Waals surface area contributed by atoms with Crippen LogP contribution in [0.5, 0.6) is 0 Å². The average molecular weight is 240 g/mol. The first-order valence-electron chi connectivity index (χ1n) is 5.97. The minimum Gasteiger partial charge on any atom is -0.368 e. The molecular formula is C12H18ClN3. The maximum atomic E-state index is 5.68. The SMILES string of the molecule is CC1CCC(CNc2ccc(Cl)nn2)CC1. The van der Waals surface area contributed by atoms with Gasteiger partial charge in [0.2, 0.25) is 0 Å². The average Bonchev–Trinajstić information content (AvgIpc) is 2.30. The van der Waals surface area contributed by atoms with Gasteiger partial charge in [-0.25, -0.2) is 0 Å². The summed E-state index contributed by atoms with van der Waals surface area (Å²) in [5.41, 5.74) is 0. The lowest BCUT2D eigenvalue weighted by molar-refractivity contribution is 0.300. The van der Waals surface area contributed by atoms with Gasteiger partial charge < -0.3 is 5.32 Å². The Balaban J connectivity index is 1.77. The number of anilines is 1. The van der Waals surface area contributed by atoms with Crippen molar-refractivity contribution in [1.82, 2.24) is 10.2 Å². The Morgan fingerprint density at radius 1 is 1.25 bits per heavy atom. The topological polar surface area (TPSA) is 37.8 Å². The molecule has 1 heterocycles. The molecule has 3 nitrogen and oxygen atoms in total. The Labute approximate surface area is 102 Å². The van der Waals surface area contributed by atoms with E-state index in [-0.39, 0.29) is 0 Å². The van der Waals surface area contributed by atoms with Gasteiger partial charge in [-0.2, -0.15) is 0 Å². The van der Waals surface area contributed by atoms with Crippen LogP contribution in [0, 0.1) is 11.8 Å². The van der Waals surface area contributed by atoms with Crippen LogP contribution in [-0.4, -0.2) is 16.7 Å². The first kappa shape index (κ1) is 11.6. The van der Waals surface area contributed by atoms with E-state index >= 15 is 0 Å². The highest BCUT2D eigenvalue weighted by atomic mass is 35.5. The third kappa shape index (κ3) is 3.34. The van der Waals surface area contributed by atoms with Crippen molar-refractivity contribution < 1.29 is 0 Å². The lowest BCUT2D eigenvalue weighted by Gasteiger charge is -2.26. The summed E-state index contributed by atoms with van der Waals surface area (Å²) in [7, 11) is 0. The molecule has 0 amide bonds. The standard InChI is InChI=1S/C12H18ClN3/c1-9-2-4-10(5-3-9)8-14-12-7-6-11(13)15-16-12/h6-7,9-10H,2-5,8H2,1H3,(H,14,16). The first-order chi connectivity index (χ1) is 7.74. The molecule has 0 atom stereocenters. The highest BCUT2D eigenvalue weighted by Gasteiger charge is 2.17. The molecule has 1 aliphatic rings. The van der Waals surface area contributed by atoms with E-state index in [1.165, 1.54) is 25.7 Å². The van der Waals surface area contributed by atoms with Crippen LogP contribution in [0.2, 0.25) is 5.15 Å². The van der Waals surface area contributed by atoms with Gasteiger partial charge in [0.05, 0.1) is 0 Å². The van der Waals surface area contributed by atoms with Crippen LogP contribution in [0.25, 0.3) is 0 Å². The van der Waals surface area contributed by atoms with Gasteiger partial charge in [-0.05, 0) is 36.8 Å². The van der Waals surface area contributed by atoms with Gasteiger partial charge >= 0.3 is 0 Å². The minimum atomic E-state index is 0.442. The zero-order valence-electron chi connectivity index (χ0n) is 9.62. The number of hydrogen-bond donors (Lipinski definition) is 1. The number of halogens is 1. The van der Waals surface area contributed by atoms with Crippen LogP contribution < -0.4 is 5.32 Å².